The zero-order valence-electron chi connectivity index (χ0n) is 13.6. The first-order valence-electron chi connectivity index (χ1n) is 8.28. The van der Waals surface area contributed by atoms with Gasteiger partial charge in [0, 0.05) is 6.54 Å². The molecule has 0 saturated heterocycles. The third kappa shape index (κ3) is 5.36. The van der Waals surface area contributed by atoms with Crippen LogP contribution in [0.15, 0.2) is 24.3 Å². The zero-order valence-corrected chi connectivity index (χ0v) is 13.6. The van der Waals surface area contributed by atoms with Crippen LogP contribution in [0.2, 0.25) is 0 Å². The topological polar surface area (TPSA) is 75.6 Å². The number of rotatable bonds is 6. The molecule has 0 aromatic heterocycles. The number of ether oxygens (including phenoxy) is 1. The summed E-state index contributed by atoms with van der Waals surface area (Å²) in [4.78, 5) is 24.0. The Morgan fingerprint density at radius 1 is 1.22 bits per heavy atom. The lowest BCUT2D eigenvalue weighted by molar-refractivity contribution is -0.129. The van der Waals surface area contributed by atoms with E-state index >= 15 is 0 Å². The first-order valence-corrected chi connectivity index (χ1v) is 8.28. The third-order valence-corrected chi connectivity index (χ3v) is 4.31. The van der Waals surface area contributed by atoms with Crippen LogP contribution in [0.5, 0.6) is 0 Å². The summed E-state index contributed by atoms with van der Waals surface area (Å²) in [5.41, 5.74) is 1.09. The summed E-state index contributed by atoms with van der Waals surface area (Å²) in [6.45, 7) is 2.16. The van der Waals surface area contributed by atoms with Gasteiger partial charge in [0.05, 0.1) is 12.2 Å². The minimum atomic E-state index is -0.816. The highest BCUT2D eigenvalue weighted by molar-refractivity contribution is 5.92. The van der Waals surface area contributed by atoms with Gasteiger partial charge >= 0.3 is 5.97 Å². The molecule has 0 spiro atoms. The minimum absolute atomic E-state index is 0.0741. The Morgan fingerprint density at radius 3 is 2.48 bits per heavy atom. The van der Waals surface area contributed by atoms with Gasteiger partial charge in [-0.2, -0.15) is 0 Å². The number of aliphatic hydroxyl groups is 1. The normalized spacial score (nSPS) is 16.6. The van der Waals surface area contributed by atoms with Crippen molar-refractivity contribution in [1.82, 2.24) is 5.32 Å². The maximum absolute atomic E-state index is 12.0. The van der Waals surface area contributed by atoms with E-state index in [2.05, 4.69) is 5.32 Å². The van der Waals surface area contributed by atoms with Gasteiger partial charge in [-0.25, -0.2) is 4.79 Å². The second-order valence-electron chi connectivity index (χ2n) is 6.15. The van der Waals surface area contributed by atoms with E-state index in [9.17, 15) is 9.59 Å². The maximum atomic E-state index is 12.0. The van der Waals surface area contributed by atoms with E-state index in [4.69, 9.17) is 9.84 Å². The SMILES string of the molecule is C[C@H](OC(=O)c1ccc(CO)cc1)C(=O)NCC1CCCCC1. The predicted octanol–water partition coefficient (Wildman–Crippen LogP) is 2.42. The molecule has 1 saturated carbocycles. The van der Waals surface area contributed by atoms with Crippen molar-refractivity contribution in [3.63, 3.8) is 0 Å². The number of hydrogen-bond donors (Lipinski definition) is 2. The van der Waals surface area contributed by atoms with Gasteiger partial charge < -0.3 is 15.2 Å². The monoisotopic (exact) mass is 319 g/mol. The van der Waals surface area contributed by atoms with E-state index in [0.717, 1.165) is 18.4 Å². The van der Waals surface area contributed by atoms with Crippen LogP contribution in [0.25, 0.3) is 0 Å². The second kappa shape index (κ2) is 8.67. The molecule has 1 aromatic carbocycles. The van der Waals surface area contributed by atoms with E-state index in [1.165, 1.54) is 19.3 Å². The largest absolute Gasteiger partial charge is 0.449 e. The summed E-state index contributed by atoms with van der Waals surface area (Å²) in [6, 6.07) is 6.48. The summed E-state index contributed by atoms with van der Waals surface area (Å²) in [6.07, 6.45) is 5.25. The first kappa shape index (κ1) is 17.5. The molecule has 1 amide bonds. The molecule has 0 heterocycles. The number of carbonyl (C=O) groups excluding carboxylic acids is 2. The Kier molecular flexibility index (Phi) is 6.59. The number of benzene rings is 1. The van der Waals surface area contributed by atoms with Crippen molar-refractivity contribution < 1.29 is 19.4 Å². The Labute approximate surface area is 137 Å². The fourth-order valence-electron chi connectivity index (χ4n) is 2.81. The number of hydrogen-bond acceptors (Lipinski definition) is 4. The van der Waals surface area contributed by atoms with Gasteiger partial charge in [0.15, 0.2) is 6.10 Å². The molecule has 1 aliphatic carbocycles. The second-order valence-corrected chi connectivity index (χ2v) is 6.15. The Hall–Kier alpha value is -1.88. The van der Waals surface area contributed by atoms with Gasteiger partial charge in [-0.1, -0.05) is 31.4 Å². The lowest BCUT2D eigenvalue weighted by atomic mass is 9.89. The van der Waals surface area contributed by atoms with E-state index < -0.39 is 12.1 Å². The van der Waals surface area contributed by atoms with Gasteiger partial charge in [0.25, 0.3) is 5.91 Å². The fourth-order valence-corrected chi connectivity index (χ4v) is 2.81. The number of aliphatic hydroxyl groups excluding tert-OH is 1. The van der Waals surface area contributed by atoms with Crippen LogP contribution in [0, 0.1) is 5.92 Å². The van der Waals surface area contributed by atoms with Crippen LogP contribution in [-0.4, -0.2) is 29.6 Å². The molecule has 5 nitrogen and oxygen atoms in total. The minimum Gasteiger partial charge on any atom is -0.449 e. The van der Waals surface area contributed by atoms with Crippen molar-refractivity contribution in [2.24, 2.45) is 5.92 Å². The predicted molar refractivity (Wildman–Crippen MR) is 86.8 cm³/mol. The Bertz CT molecular complexity index is 520. The number of nitrogens with one attached hydrogen (secondary N) is 1. The summed E-state index contributed by atoms with van der Waals surface area (Å²) >= 11 is 0. The quantitative estimate of drug-likeness (QED) is 0.790. The van der Waals surface area contributed by atoms with Gasteiger partial charge in [-0.3, -0.25) is 4.79 Å². The molecule has 5 heteroatoms. The molecule has 1 atom stereocenters. The van der Waals surface area contributed by atoms with Gasteiger partial charge in [0.2, 0.25) is 0 Å². The molecule has 0 radical (unpaired) electrons. The molecule has 126 valence electrons. The molecule has 0 unspecified atom stereocenters. The fraction of sp³-hybridized carbons (Fsp3) is 0.556. The van der Waals surface area contributed by atoms with Crippen molar-refractivity contribution in [3.05, 3.63) is 35.4 Å². The molecule has 1 aliphatic rings. The van der Waals surface area contributed by atoms with Crippen molar-refractivity contribution in [2.45, 2.75) is 51.7 Å². The third-order valence-electron chi connectivity index (χ3n) is 4.31. The molecule has 0 aliphatic heterocycles. The lowest BCUT2D eigenvalue weighted by Gasteiger charge is -2.22. The van der Waals surface area contributed by atoms with E-state index in [1.807, 2.05) is 0 Å². The molecule has 2 N–H and O–H groups in total. The van der Waals surface area contributed by atoms with E-state index in [-0.39, 0.29) is 12.5 Å². The highest BCUT2D eigenvalue weighted by Crippen LogP contribution is 2.22. The maximum Gasteiger partial charge on any atom is 0.338 e. The van der Waals surface area contributed by atoms with Crippen LogP contribution in [0.1, 0.15) is 54.9 Å². The first-order chi connectivity index (χ1) is 11.1. The smallest absolute Gasteiger partial charge is 0.338 e. The van der Waals surface area contributed by atoms with Gasteiger partial charge in [-0.15, -0.1) is 0 Å². The summed E-state index contributed by atoms with van der Waals surface area (Å²) < 4.78 is 5.20. The highest BCUT2D eigenvalue weighted by atomic mass is 16.5. The molecule has 1 fully saturated rings. The number of esters is 1. The highest BCUT2D eigenvalue weighted by Gasteiger charge is 2.20. The van der Waals surface area contributed by atoms with E-state index in [0.29, 0.717) is 18.0 Å². The van der Waals surface area contributed by atoms with Crippen LogP contribution in [0.4, 0.5) is 0 Å². The van der Waals surface area contributed by atoms with Crippen LogP contribution in [0.3, 0.4) is 0 Å². The number of amides is 1. The lowest BCUT2D eigenvalue weighted by Crippen LogP contribution is -2.38. The average Bonchev–Trinajstić information content (AvgIpc) is 2.60. The van der Waals surface area contributed by atoms with Crippen LogP contribution < -0.4 is 5.32 Å². The Morgan fingerprint density at radius 2 is 1.87 bits per heavy atom. The van der Waals surface area contributed by atoms with E-state index in [1.54, 1.807) is 31.2 Å². The number of carbonyl (C=O) groups is 2. The molecular weight excluding hydrogens is 294 g/mol. The Balaban J connectivity index is 1.78. The molecule has 23 heavy (non-hydrogen) atoms. The molecular formula is C18H25NO4. The molecule has 0 bridgehead atoms. The van der Waals surface area contributed by atoms with Gasteiger partial charge in [-0.05, 0) is 43.4 Å². The summed E-state index contributed by atoms with van der Waals surface area (Å²) in [5.74, 6) is -0.243. The van der Waals surface area contributed by atoms with Crippen molar-refractivity contribution in [3.8, 4) is 0 Å². The summed E-state index contributed by atoms with van der Waals surface area (Å²) in [7, 11) is 0. The van der Waals surface area contributed by atoms with Crippen molar-refractivity contribution in [2.75, 3.05) is 6.54 Å². The molecule has 2 rings (SSSR count). The average molecular weight is 319 g/mol. The van der Waals surface area contributed by atoms with Gasteiger partial charge in [0.1, 0.15) is 0 Å². The van der Waals surface area contributed by atoms with Crippen LogP contribution >= 0.6 is 0 Å². The summed E-state index contributed by atoms with van der Waals surface area (Å²) in [5, 5.41) is 11.9. The van der Waals surface area contributed by atoms with Crippen molar-refractivity contribution in [1.29, 1.82) is 0 Å². The van der Waals surface area contributed by atoms with Crippen LogP contribution in [-0.2, 0) is 16.1 Å². The molecule has 1 aromatic rings. The van der Waals surface area contributed by atoms with Crippen molar-refractivity contribution >= 4 is 11.9 Å². The zero-order chi connectivity index (χ0) is 16.7. The standard InChI is InChI=1S/C18H25NO4/c1-13(17(21)19-11-14-5-3-2-4-6-14)23-18(22)16-9-7-15(12-20)8-10-16/h7-10,13-14,20H,2-6,11-12H2,1H3,(H,19,21)/t13-/m0/s1.